The van der Waals surface area contributed by atoms with Crippen LogP contribution in [0.4, 0.5) is 0 Å². The van der Waals surface area contributed by atoms with E-state index in [0.29, 0.717) is 13.0 Å². The Morgan fingerprint density at radius 1 is 0.532 bits per heavy atom. The fourth-order valence-electron chi connectivity index (χ4n) is 7.61. The molecule has 0 amide bonds. The summed E-state index contributed by atoms with van der Waals surface area (Å²) in [6, 6.07) is 0. The molecule has 0 aromatic rings. The van der Waals surface area contributed by atoms with Gasteiger partial charge in [0.15, 0.2) is 0 Å². The number of rotatable bonds is 42. The van der Waals surface area contributed by atoms with Crippen molar-refractivity contribution in [1.82, 2.24) is 0 Å². The molecule has 12 nitrogen and oxygen atoms in total. The molecule has 0 radical (unpaired) electrons. The average Bonchev–Trinajstić information content (AvgIpc) is 3.26. The van der Waals surface area contributed by atoms with Gasteiger partial charge in [-0.25, -0.2) is 4.57 Å². The lowest BCUT2D eigenvalue weighted by Gasteiger charge is -2.41. The van der Waals surface area contributed by atoms with Gasteiger partial charge < -0.3 is 39.9 Å². The molecule has 0 aromatic heterocycles. The Balaban J connectivity index is 2.36. The predicted molar refractivity (Wildman–Crippen MR) is 249 cm³/mol. The zero-order valence-electron chi connectivity index (χ0n) is 38.9. The molecule has 0 bridgehead atoms. The van der Waals surface area contributed by atoms with E-state index in [-0.39, 0.29) is 13.0 Å². The van der Waals surface area contributed by atoms with E-state index < -0.39 is 63.1 Å². The molecule has 0 aromatic carbocycles. The third kappa shape index (κ3) is 31.4. The lowest BCUT2D eigenvalue weighted by Crippen LogP contribution is -2.64. The first-order valence-corrected chi connectivity index (χ1v) is 26.3. The second-order valence-electron chi connectivity index (χ2n) is 17.3. The second kappa shape index (κ2) is 39.9. The molecule has 0 heterocycles. The molecule has 1 saturated carbocycles. The van der Waals surface area contributed by atoms with E-state index in [4.69, 9.17) is 18.5 Å². The number of aliphatic hydroxyl groups excluding tert-OH is 5. The van der Waals surface area contributed by atoms with Crippen LogP contribution in [0.2, 0.25) is 0 Å². The highest BCUT2D eigenvalue weighted by molar-refractivity contribution is 7.47. The minimum Gasteiger partial charge on any atom is -0.457 e. The van der Waals surface area contributed by atoms with Crippen LogP contribution < -0.4 is 0 Å². The Morgan fingerprint density at radius 3 is 1.45 bits per heavy atom. The Labute approximate surface area is 376 Å². The number of allylic oxidation sites excluding steroid dienone is 6. The zero-order valence-corrected chi connectivity index (χ0v) is 39.8. The molecule has 6 atom stereocenters. The smallest absolute Gasteiger partial charge is 0.457 e. The van der Waals surface area contributed by atoms with Gasteiger partial charge in [-0.15, -0.1) is 0 Å². The van der Waals surface area contributed by atoms with Crippen molar-refractivity contribution in [1.29, 1.82) is 0 Å². The minimum absolute atomic E-state index is 0.0778. The van der Waals surface area contributed by atoms with Crippen molar-refractivity contribution < 1.29 is 58.3 Å². The van der Waals surface area contributed by atoms with Gasteiger partial charge in [0.1, 0.15) is 42.7 Å². The molecule has 6 unspecified atom stereocenters. The van der Waals surface area contributed by atoms with Gasteiger partial charge in [-0.2, -0.15) is 0 Å². The van der Waals surface area contributed by atoms with Crippen LogP contribution in [-0.4, -0.2) is 98.9 Å². The summed E-state index contributed by atoms with van der Waals surface area (Å²) in [6.07, 6.45) is 34.9. The molecule has 1 aliphatic carbocycles. The van der Waals surface area contributed by atoms with E-state index in [0.717, 1.165) is 77.0 Å². The van der Waals surface area contributed by atoms with Gasteiger partial charge in [-0.3, -0.25) is 13.8 Å². The summed E-state index contributed by atoms with van der Waals surface area (Å²) in [5.41, 5.74) is 0. The molecule has 364 valence electrons. The summed E-state index contributed by atoms with van der Waals surface area (Å²) in [4.78, 5) is 23.2. The number of hydrogen-bond acceptors (Lipinski definition) is 11. The van der Waals surface area contributed by atoms with Crippen LogP contribution >= 0.6 is 7.82 Å². The van der Waals surface area contributed by atoms with Crippen LogP contribution in [-0.2, 0) is 27.9 Å². The molecule has 0 aliphatic heterocycles. The van der Waals surface area contributed by atoms with Crippen molar-refractivity contribution in [2.24, 2.45) is 0 Å². The molecule has 13 heteroatoms. The van der Waals surface area contributed by atoms with Crippen LogP contribution in [0.5, 0.6) is 0 Å². The number of esters is 1. The second-order valence-corrected chi connectivity index (χ2v) is 18.7. The van der Waals surface area contributed by atoms with E-state index >= 15 is 0 Å². The highest BCUT2D eigenvalue weighted by atomic mass is 31.2. The van der Waals surface area contributed by atoms with E-state index in [2.05, 4.69) is 50.3 Å². The number of hydrogen-bond donors (Lipinski definition) is 6. The third-order valence-electron chi connectivity index (χ3n) is 11.5. The molecule has 0 spiro atoms. The third-order valence-corrected chi connectivity index (χ3v) is 12.5. The average molecular weight is 903 g/mol. The molecular weight excluding hydrogens is 812 g/mol. The molecule has 1 fully saturated rings. The molecule has 1 aliphatic rings. The SMILES string of the molecule is CC/C=C\C/C=C\C/C=C\CCCCCCCCCC(=O)OC(COCCCCCCCCCCCCCCCCCCCC)COP(=O)(O)OC1C(O)C(O)C(O)C(O)C1O. The monoisotopic (exact) mass is 903 g/mol. The number of phosphoric ester groups is 1. The van der Waals surface area contributed by atoms with Gasteiger partial charge in [0.25, 0.3) is 0 Å². The lowest BCUT2D eigenvalue weighted by atomic mass is 9.85. The molecule has 62 heavy (non-hydrogen) atoms. The van der Waals surface area contributed by atoms with Gasteiger partial charge in [-0.1, -0.05) is 192 Å². The predicted octanol–water partition coefficient (Wildman–Crippen LogP) is 10.6. The Bertz CT molecular complexity index is 1170. The Morgan fingerprint density at radius 2 is 0.952 bits per heavy atom. The van der Waals surface area contributed by atoms with Crippen LogP contribution in [0, 0.1) is 0 Å². The fraction of sp³-hybridized carbons (Fsp3) is 0.857. The zero-order chi connectivity index (χ0) is 45.5. The molecule has 6 N–H and O–H groups in total. The highest BCUT2D eigenvalue weighted by Crippen LogP contribution is 2.47. The number of phosphoric acid groups is 1. The largest absolute Gasteiger partial charge is 0.472 e. The minimum atomic E-state index is -5.02. The van der Waals surface area contributed by atoms with Crippen LogP contribution in [0.1, 0.15) is 206 Å². The molecular formula is C49H91O12P. The van der Waals surface area contributed by atoms with E-state index in [9.17, 15) is 39.8 Å². The normalized spacial score (nSPS) is 22.3. The van der Waals surface area contributed by atoms with Crippen LogP contribution in [0.25, 0.3) is 0 Å². The summed E-state index contributed by atoms with van der Waals surface area (Å²) in [6.45, 7) is 4.17. The fourth-order valence-corrected chi connectivity index (χ4v) is 8.58. The lowest BCUT2D eigenvalue weighted by molar-refractivity contribution is -0.220. The maximum atomic E-state index is 12.8. The van der Waals surface area contributed by atoms with Crippen molar-refractivity contribution in [2.45, 2.75) is 249 Å². The quantitative estimate of drug-likeness (QED) is 0.0147. The van der Waals surface area contributed by atoms with Crippen LogP contribution in [0.15, 0.2) is 36.5 Å². The van der Waals surface area contributed by atoms with Crippen molar-refractivity contribution in [3.8, 4) is 0 Å². The van der Waals surface area contributed by atoms with Gasteiger partial charge >= 0.3 is 13.8 Å². The summed E-state index contributed by atoms with van der Waals surface area (Å²) in [5.74, 6) is -0.485. The van der Waals surface area contributed by atoms with Gasteiger partial charge in [0.05, 0.1) is 13.2 Å². The maximum Gasteiger partial charge on any atom is 0.472 e. The summed E-state index contributed by atoms with van der Waals surface area (Å²) >= 11 is 0. The van der Waals surface area contributed by atoms with Gasteiger partial charge in [0.2, 0.25) is 0 Å². The maximum absolute atomic E-state index is 12.8. The highest BCUT2D eigenvalue weighted by Gasteiger charge is 2.51. The summed E-state index contributed by atoms with van der Waals surface area (Å²) in [5, 5.41) is 50.3. The topological polar surface area (TPSA) is 192 Å². The number of aliphatic hydroxyl groups is 5. The summed E-state index contributed by atoms with van der Waals surface area (Å²) in [7, 11) is -5.02. The first-order valence-electron chi connectivity index (χ1n) is 24.8. The van der Waals surface area contributed by atoms with Crippen LogP contribution in [0.3, 0.4) is 0 Å². The van der Waals surface area contributed by atoms with Gasteiger partial charge in [0, 0.05) is 13.0 Å². The summed E-state index contributed by atoms with van der Waals surface area (Å²) < 4.78 is 34.3. The van der Waals surface area contributed by atoms with Crippen molar-refractivity contribution in [3.05, 3.63) is 36.5 Å². The Kier molecular flexibility index (Phi) is 37.7. The number of carbonyl (C=O) groups is 1. The van der Waals surface area contributed by atoms with Crippen molar-refractivity contribution in [2.75, 3.05) is 19.8 Å². The first kappa shape index (κ1) is 58.6. The van der Waals surface area contributed by atoms with E-state index in [1.165, 1.54) is 103 Å². The van der Waals surface area contributed by atoms with E-state index in [1.54, 1.807) is 0 Å². The van der Waals surface area contributed by atoms with E-state index in [1.807, 2.05) is 0 Å². The number of unbranched alkanes of at least 4 members (excludes halogenated alkanes) is 24. The molecule has 1 rings (SSSR count). The first-order chi connectivity index (χ1) is 30.0. The number of carbonyl (C=O) groups excluding carboxylic acids is 1. The molecule has 0 saturated heterocycles. The standard InChI is InChI=1S/C49H91O12P/c1-3-5-7-9-11-13-15-17-19-21-23-25-27-29-31-33-35-37-39-58-40-42(41-59-62(56,57)61-49-47(54)45(52)44(51)46(53)48(49)55)60-43(50)38-36-34-32-30-28-26-24-22-20-18-16-14-12-10-8-6-4-2/h6,8,12,14,18,20,42,44-49,51-55H,3-5,7,9-11,13,15-17,19,21-41H2,1-2H3,(H,56,57)/b8-6-,14-12-,20-18-. The van der Waals surface area contributed by atoms with Gasteiger partial charge in [-0.05, 0) is 44.9 Å². The van der Waals surface area contributed by atoms with Crippen molar-refractivity contribution >= 4 is 13.8 Å². The number of ether oxygens (including phenoxy) is 2. The van der Waals surface area contributed by atoms with Crippen molar-refractivity contribution in [3.63, 3.8) is 0 Å². The Hall–Kier alpha value is -1.44.